The molecule has 0 bridgehead atoms. The molecular formula is C21H33IN4O3. The first-order valence-electron chi connectivity index (χ1n) is 10.2. The van der Waals surface area contributed by atoms with Gasteiger partial charge in [0.15, 0.2) is 12.6 Å². The summed E-state index contributed by atoms with van der Waals surface area (Å²) in [6.45, 7) is 6.13. The van der Waals surface area contributed by atoms with Gasteiger partial charge in [-0.05, 0) is 43.9 Å². The maximum Gasteiger partial charge on any atom is 0.258 e. The predicted molar refractivity (Wildman–Crippen MR) is 125 cm³/mol. The Kier molecular flexibility index (Phi) is 9.99. The van der Waals surface area contributed by atoms with E-state index in [-0.39, 0.29) is 36.5 Å². The highest BCUT2D eigenvalue weighted by atomic mass is 127. The average Bonchev–Trinajstić information content (AvgIpc) is 3.35. The summed E-state index contributed by atoms with van der Waals surface area (Å²) in [5, 5.41) is 6.28. The van der Waals surface area contributed by atoms with Crippen molar-refractivity contribution in [1.82, 2.24) is 15.5 Å². The van der Waals surface area contributed by atoms with Gasteiger partial charge in [-0.25, -0.2) is 4.99 Å². The van der Waals surface area contributed by atoms with Crippen molar-refractivity contribution in [3.8, 4) is 5.75 Å². The van der Waals surface area contributed by atoms with Crippen LogP contribution in [0.3, 0.4) is 0 Å². The van der Waals surface area contributed by atoms with Crippen LogP contribution < -0.4 is 15.4 Å². The zero-order valence-electron chi connectivity index (χ0n) is 17.4. The molecule has 7 nitrogen and oxygen atoms in total. The van der Waals surface area contributed by atoms with E-state index in [9.17, 15) is 4.79 Å². The third kappa shape index (κ3) is 8.38. The molecule has 8 heteroatoms. The van der Waals surface area contributed by atoms with Crippen LogP contribution in [0.25, 0.3) is 0 Å². The van der Waals surface area contributed by atoms with Gasteiger partial charge in [0.2, 0.25) is 0 Å². The Balaban J connectivity index is 0.00000300. The molecular weight excluding hydrogens is 483 g/mol. The third-order valence-corrected chi connectivity index (χ3v) is 4.87. The fourth-order valence-electron chi connectivity index (χ4n) is 3.22. The van der Waals surface area contributed by atoms with Crippen LogP contribution in [0.15, 0.2) is 29.3 Å². The van der Waals surface area contributed by atoms with Crippen LogP contribution >= 0.6 is 24.0 Å². The maximum absolute atomic E-state index is 11.8. The summed E-state index contributed by atoms with van der Waals surface area (Å²) in [5.41, 5.74) is 1.05. The molecule has 1 aromatic rings. The van der Waals surface area contributed by atoms with Crippen molar-refractivity contribution in [1.29, 1.82) is 0 Å². The number of rotatable bonds is 9. The predicted octanol–water partition coefficient (Wildman–Crippen LogP) is 2.40. The Morgan fingerprint density at radius 2 is 2.17 bits per heavy atom. The largest absolute Gasteiger partial charge is 0.484 e. The molecule has 1 heterocycles. The van der Waals surface area contributed by atoms with Gasteiger partial charge in [-0.3, -0.25) is 4.79 Å². The molecule has 0 aromatic heterocycles. The molecule has 3 rings (SSSR count). The number of hydrogen-bond donors (Lipinski definition) is 2. The Morgan fingerprint density at radius 3 is 2.86 bits per heavy atom. The first-order chi connectivity index (χ1) is 13.6. The molecule has 2 aliphatic rings. The number of ether oxygens (including phenoxy) is 2. The van der Waals surface area contributed by atoms with E-state index in [4.69, 9.17) is 14.5 Å². The molecule has 1 amide bonds. The lowest BCUT2D eigenvalue weighted by molar-refractivity contribution is -0.123. The second-order valence-corrected chi connectivity index (χ2v) is 7.56. The number of nitrogens with zero attached hydrogens (tertiary/aromatic N) is 2. The number of nitrogens with one attached hydrogen (secondary N) is 2. The molecule has 0 radical (unpaired) electrons. The first kappa shape index (κ1) is 23.7. The van der Waals surface area contributed by atoms with Gasteiger partial charge in [0.1, 0.15) is 5.75 Å². The van der Waals surface area contributed by atoms with E-state index in [2.05, 4.69) is 29.5 Å². The van der Waals surface area contributed by atoms with E-state index in [0.29, 0.717) is 24.3 Å². The van der Waals surface area contributed by atoms with Crippen LogP contribution in [0.2, 0.25) is 0 Å². The molecule has 1 aliphatic heterocycles. The molecule has 1 atom stereocenters. The van der Waals surface area contributed by atoms with Crippen molar-refractivity contribution >= 4 is 35.8 Å². The summed E-state index contributed by atoms with van der Waals surface area (Å²) in [6.07, 6.45) is 3.27. The Hall–Kier alpha value is -1.55. The summed E-state index contributed by atoms with van der Waals surface area (Å²) >= 11 is 0. The smallest absolute Gasteiger partial charge is 0.258 e. The van der Waals surface area contributed by atoms with E-state index in [1.165, 1.54) is 0 Å². The molecule has 0 spiro atoms. The van der Waals surface area contributed by atoms with E-state index in [1.54, 1.807) is 0 Å². The van der Waals surface area contributed by atoms with Gasteiger partial charge in [0, 0.05) is 38.7 Å². The monoisotopic (exact) mass is 516 g/mol. The molecule has 1 unspecified atom stereocenters. The number of amides is 1. The van der Waals surface area contributed by atoms with Crippen molar-refractivity contribution in [3.63, 3.8) is 0 Å². The number of carbonyl (C=O) groups excluding carboxylic acids is 1. The van der Waals surface area contributed by atoms with Crippen molar-refractivity contribution in [2.45, 2.75) is 38.8 Å². The molecule has 1 saturated heterocycles. The SMILES string of the molecule is CCNC(=NCc1cccc(OCC(=O)NC2CC2)c1)N(C)CC1CCOC1.I. The van der Waals surface area contributed by atoms with Crippen LogP contribution in [0.1, 0.15) is 31.7 Å². The first-order valence-corrected chi connectivity index (χ1v) is 10.2. The maximum atomic E-state index is 11.8. The summed E-state index contributed by atoms with van der Waals surface area (Å²) in [7, 11) is 2.07. The Labute approximate surface area is 190 Å². The van der Waals surface area contributed by atoms with Crippen LogP contribution in [0.5, 0.6) is 5.75 Å². The number of carbonyl (C=O) groups is 1. The highest BCUT2D eigenvalue weighted by molar-refractivity contribution is 14.0. The summed E-state index contributed by atoms with van der Waals surface area (Å²) in [4.78, 5) is 18.7. The lowest BCUT2D eigenvalue weighted by atomic mass is 10.1. The highest BCUT2D eigenvalue weighted by Gasteiger charge is 2.23. The average molecular weight is 516 g/mol. The second kappa shape index (κ2) is 12.2. The molecule has 1 aromatic carbocycles. The summed E-state index contributed by atoms with van der Waals surface area (Å²) in [5.74, 6) is 2.09. The fraction of sp³-hybridized carbons (Fsp3) is 0.619. The minimum absolute atomic E-state index is 0. The van der Waals surface area contributed by atoms with Crippen molar-refractivity contribution in [2.24, 2.45) is 10.9 Å². The number of guanidine groups is 1. The van der Waals surface area contributed by atoms with Gasteiger partial charge in [-0.15, -0.1) is 24.0 Å². The number of aliphatic imine (C=N–C) groups is 1. The zero-order chi connectivity index (χ0) is 19.8. The lowest BCUT2D eigenvalue weighted by Gasteiger charge is -2.24. The molecule has 1 saturated carbocycles. The number of hydrogen-bond acceptors (Lipinski definition) is 4. The molecule has 29 heavy (non-hydrogen) atoms. The van der Waals surface area contributed by atoms with Crippen molar-refractivity contribution in [3.05, 3.63) is 29.8 Å². The second-order valence-electron chi connectivity index (χ2n) is 7.56. The molecule has 162 valence electrons. The summed E-state index contributed by atoms with van der Waals surface area (Å²) in [6, 6.07) is 8.13. The van der Waals surface area contributed by atoms with Gasteiger partial charge in [-0.1, -0.05) is 12.1 Å². The molecule has 2 fully saturated rings. The van der Waals surface area contributed by atoms with Crippen molar-refractivity contribution in [2.75, 3.05) is 40.0 Å². The summed E-state index contributed by atoms with van der Waals surface area (Å²) < 4.78 is 11.1. The van der Waals surface area contributed by atoms with Crippen LogP contribution in [0, 0.1) is 5.92 Å². The van der Waals surface area contributed by atoms with E-state index in [0.717, 1.165) is 57.1 Å². The Bertz CT molecular complexity index is 676. The number of benzene rings is 1. The van der Waals surface area contributed by atoms with Gasteiger partial charge < -0.3 is 25.0 Å². The van der Waals surface area contributed by atoms with E-state index >= 15 is 0 Å². The minimum atomic E-state index is -0.0575. The zero-order valence-corrected chi connectivity index (χ0v) is 19.7. The highest BCUT2D eigenvalue weighted by Crippen LogP contribution is 2.19. The van der Waals surface area contributed by atoms with E-state index < -0.39 is 0 Å². The van der Waals surface area contributed by atoms with Crippen LogP contribution in [-0.2, 0) is 16.1 Å². The third-order valence-electron chi connectivity index (χ3n) is 4.87. The normalized spacial score (nSPS) is 18.7. The van der Waals surface area contributed by atoms with Gasteiger partial charge in [0.05, 0.1) is 13.2 Å². The quantitative estimate of drug-likeness (QED) is 0.300. The van der Waals surface area contributed by atoms with E-state index in [1.807, 2.05) is 24.3 Å². The molecule has 2 N–H and O–H groups in total. The van der Waals surface area contributed by atoms with Crippen molar-refractivity contribution < 1.29 is 14.3 Å². The van der Waals surface area contributed by atoms with Crippen LogP contribution in [-0.4, -0.2) is 62.8 Å². The lowest BCUT2D eigenvalue weighted by Crippen LogP contribution is -2.41. The topological polar surface area (TPSA) is 75.2 Å². The molecule has 1 aliphatic carbocycles. The minimum Gasteiger partial charge on any atom is -0.484 e. The van der Waals surface area contributed by atoms with Gasteiger partial charge in [0.25, 0.3) is 5.91 Å². The van der Waals surface area contributed by atoms with Crippen LogP contribution in [0.4, 0.5) is 0 Å². The van der Waals surface area contributed by atoms with Gasteiger partial charge in [-0.2, -0.15) is 0 Å². The fourth-order valence-corrected chi connectivity index (χ4v) is 3.22. The van der Waals surface area contributed by atoms with Gasteiger partial charge >= 0.3 is 0 Å². The standard InChI is InChI=1S/C21H32N4O3.HI/c1-3-22-21(25(2)13-17-9-10-27-14-17)23-12-16-5-4-6-19(11-16)28-15-20(26)24-18-7-8-18;/h4-6,11,17-18H,3,7-10,12-15H2,1-2H3,(H,22,23)(H,24,26);1H. The number of halogens is 1. The Morgan fingerprint density at radius 1 is 1.34 bits per heavy atom.